The van der Waals surface area contributed by atoms with Crippen LogP contribution in [0.5, 0.6) is 11.5 Å². The van der Waals surface area contributed by atoms with Gasteiger partial charge in [-0.2, -0.15) is 0 Å². The van der Waals surface area contributed by atoms with Gasteiger partial charge < -0.3 is 20.1 Å². The van der Waals surface area contributed by atoms with Crippen molar-refractivity contribution in [3.8, 4) is 11.5 Å². The van der Waals surface area contributed by atoms with Gasteiger partial charge >= 0.3 is 0 Å². The Hall–Kier alpha value is -2.54. The van der Waals surface area contributed by atoms with Crippen LogP contribution in [0.2, 0.25) is 0 Å². The van der Waals surface area contributed by atoms with E-state index < -0.39 is 0 Å². The van der Waals surface area contributed by atoms with Gasteiger partial charge in [-0.25, -0.2) is 0 Å². The zero-order chi connectivity index (χ0) is 18.4. The van der Waals surface area contributed by atoms with Gasteiger partial charge in [0.15, 0.2) is 11.5 Å². The van der Waals surface area contributed by atoms with E-state index in [1.165, 1.54) is 0 Å². The molecule has 0 radical (unpaired) electrons. The van der Waals surface area contributed by atoms with Gasteiger partial charge in [-0.15, -0.1) is 0 Å². The lowest BCUT2D eigenvalue weighted by atomic mass is 10.1. The predicted molar refractivity (Wildman–Crippen MR) is 101 cm³/mol. The number of hydrogen-bond donors (Lipinski definition) is 2. The van der Waals surface area contributed by atoms with Crippen molar-refractivity contribution in [2.75, 3.05) is 26.3 Å². The van der Waals surface area contributed by atoms with Crippen molar-refractivity contribution in [3.63, 3.8) is 0 Å². The molecule has 6 nitrogen and oxygen atoms in total. The number of halogens is 1. The lowest BCUT2D eigenvalue weighted by Gasteiger charge is -2.19. The highest BCUT2D eigenvalue weighted by Crippen LogP contribution is 2.35. The first kappa shape index (κ1) is 18.3. The molecule has 2 aromatic carbocycles. The molecule has 0 aromatic heterocycles. The molecule has 0 saturated heterocycles. The van der Waals surface area contributed by atoms with Crippen LogP contribution in [0.1, 0.15) is 15.9 Å². The standard InChI is InChI=1S/C19H19BrN2O4/c20-15-12-17-16(25-8-9-26-17)10-14(15)11-18(23)21-6-7-22-19(24)13-4-2-1-3-5-13/h1-5,10,12H,6-9,11H2,(H,21,23)(H,22,24). The highest BCUT2D eigenvalue weighted by Gasteiger charge is 2.16. The van der Waals surface area contributed by atoms with Crippen molar-refractivity contribution in [1.82, 2.24) is 10.6 Å². The van der Waals surface area contributed by atoms with Crippen LogP contribution < -0.4 is 20.1 Å². The molecule has 1 aliphatic heterocycles. The molecule has 2 aromatic rings. The fourth-order valence-electron chi connectivity index (χ4n) is 2.55. The molecule has 0 atom stereocenters. The molecule has 0 spiro atoms. The van der Waals surface area contributed by atoms with Gasteiger partial charge in [0.05, 0.1) is 6.42 Å². The summed E-state index contributed by atoms with van der Waals surface area (Å²) in [4.78, 5) is 24.0. The molecule has 2 amide bonds. The van der Waals surface area contributed by atoms with Gasteiger partial charge in [-0.3, -0.25) is 9.59 Å². The maximum absolute atomic E-state index is 12.1. The van der Waals surface area contributed by atoms with E-state index in [1.807, 2.05) is 30.3 Å². The molecule has 2 N–H and O–H groups in total. The zero-order valence-electron chi connectivity index (χ0n) is 14.1. The zero-order valence-corrected chi connectivity index (χ0v) is 15.7. The Morgan fingerprint density at radius 2 is 1.62 bits per heavy atom. The van der Waals surface area contributed by atoms with Crippen LogP contribution in [0.15, 0.2) is 46.9 Å². The maximum atomic E-state index is 12.1. The summed E-state index contributed by atoms with van der Waals surface area (Å²) in [6, 6.07) is 12.6. The molecule has 0 bridgehead atoms. The minimum Gasteiger partial charge on any atom is -0.486 e. The molecular weight excluding hydrogens is 400 g/mol. The van der Waals surface area contributed by atoms with Crippen molar-refractivity contribution in [1.29, 1.82) is 0 Å². The fourth-order valence-corrected chi connectivity index (χ4v) is 3.01. The third-order valence-corrected chi connectivity index (χ3v) is 4.57. The molecule has 1 aliphatic rings. The number of carbonyl (C=O) groups excluding carboxylic acids is 2. The molecule has 0 aliphatic carbocycles. The number of amides is 2. The van der Waals surface area contributed by atoms with E-state index in [1.54, 1.807) is 12.1 Å². The third kappa shape index (κ3) is 4.76. The van der Waals surface area contributed by atoms with Gasteiger partial charge in [0.2, 0.25) is 5.91 Å². The van der Waals surface area contributed by atoms with Gasteiger partial charge in [0, 0.05) is 23.1 Å². The Morgan fingerprint density at radius 1 is 0.962 bits per heavy atom. The van der Waals surface area contributed by atoms with E-state index >= 15 is 0 Å². The Kier molecular flexibility index (Phi) is 6.12. The maximum Gasteiger partial charge on any atom is 0.251 e. The van der Waals surface area contributed by atoms with Gasteiger partial charge in [0.25, 0.3) is 5.91 Å². The summed E-state index contributed by atoms with van der Waals surface area (Å²) in [6.07, 6.45) is 0.212. The van der Waals surface area contributed by atoms with Crippen molar-refractivity contribution in [2.45, 2.75) is 6.42 Å². The summed E-state index contributed by atoms with van der Waals surface area (Å²) in [7, 11) is 0. The number of hydrogen-bond acceptors (Lipinski definition) is 4. The molecule has 1 heterocycles. The van der Waals surface area contributed by atoms with E-state index in [9.17, 15) is 9.59 Å². The lowest BCUT2D eigenvalue weighted by Crippen LogP contribution is -2.35. The summed E-state index contributed by atoms with van der Waals surface area (Å²) >= 11 is 3.46. The van der Waals surface area contributed by atoms with Crippen LogP contribution in [0.25, 0.3) is 0 Å². The van der Waals surface area contributed by atoms with Gasteiger partial charge in [-0.1, -0.05) is 34.1 Å². The minimum atomic E-state index is -0.158. The molecule has 0 fully saturated rings. The summed E-state index contributed by atoms with van der Waals surface area (Å²) in [5, 5.41) is 5.57. The predicted octanol–water partition coefficient (Wildman–Crippen LogP) is 2.31. The number of nitrogens with one attached hydrogen (secondary N) is 2. The van der Waals surface area contributed by atoms with Crippen LogP contribution in [-0.2, 0) is 11.2 Å². The molecule has 0 unspecified atom stereocenters. The summed E-state index contributed by atoms with van der Waals surface area (Å²) in [5.41, 5.74) is 1.42. The summed E-state index contributed by atoms with van der Waals surface area (Å²) in [5.74, 6) is 1.04. The van der Waals surface area contributed by atoms with Crippen molar-refractivity contribution >= 4 is 27.7 Å². The summed E-state index contributed by atoms with van der Waals surface area (Å²) < 4.78 is 11.8. The first-order valence-corrected chi connectivity index (χ1v) is 9.11. The highest BCUT2D eigenvalue weighted by molar-refractivity contribution is 9.10. The summed E-state index contributed by atoms with van der Waals surface area (Å²) in [6.45, 7) is 1.75. The number of rotatable bonds is 6. The topological polar surface area (TPSA) is 76.7 Å². The number of benzene rings is 2. The second kappa shape index (κ2) is 8.71. The van der Waals surface area contributed by atoms with E-state index in [2.05, 4.69) is 26.6 Å². The number of ether oxygens (including phenoxy) is 2. The minimum absolute atomic E-state index is 0.128. The third-order valence-electron chi connectivity index (χ3n) is 3.83. The van der Waals surface area contributed by atoms with E-state index in [0.717, 1.165) is 10.0 Å². The largest absolute Gasteiger partial charge is 0.486 e. The molecule has 3 rings (SSSR count). The second-order valence-electron chi connectivity index (χ2n) is 5.74. The average molecular weight is 419 g/mol. The Labute approximate surface area is 160 Å². The molecule has 7 heteroatoms. The van der Waals surface area contributed by atoms with Crippen molar-refractivity contribution < 1.29 is 19.1 Å². The van der Waals surface area contributed by atoms with Crippen molar-refractivity contribution in [2.24, 2.45) is 0 Å². The van der Waals surface area contributed by atoms with Gasteiger partial charge in [0.1, 0.15) is 13.2 Å². The van der Waals surface area contributed by atoms with Crippen molar-refractivity contribution in [3.05, 3.63) is 58.1 Å². The first-order valence-electron chi connectivity index (χ1n) is 8.31. The van der Waals surface area contributed by atoms with Crippen LogP contribution in [-0.4, -0.2) is 38.1 Å². The molecule has 26 heavy (non-hydrogen) atoms. The average Bonchev–Trinajstić information content (AvgIpc) is 2.66. The lowest BCUT2D eigenvalue weighted by molar-refractivity contribution is -0.120. The number of carbonyl (C=O) groups is 2. The fraction of sp³-hybridized carbons (Fsp3) is 0.263. The molecule has 136 valence electrons. The quantitative estimate of drug-likeness (QED) is 0.705. The Balaban J connectivity index is 1.45. The monoisotopic (exact) mass is 418 g/mol. The SMILES string of the molecule is O=C(Cc1cc2c(cc1Br)OCCO2)NCCNC(=O)c1ccccc1. The first-order chi connectivity index (χ1) is 12.6. The van der Waals surface area contributed by atoms with E-state index in [0.29, 0.717) is 43.4 Å². The van der Waals surface area contributed by atoms with Gasteiger partial charge in [-0.05, 0) is 29.8 Å². The van der Waals surface area contributed by atoms with Crippen LogP contribution in [0.3, 0.4) is 0 Å². The second-order valence-corrected chi connectivity index (χ2v) is 6.59. The number of fused-ring (bicyclic) bond motifs is 1. The molecule has 0 saturated carbocycles. The van der Waals surface area contributed by atoms with E-state index in [4.69, 9.17) is 9.47 Å². The smallest absolute Gasteiger partial charge is 0.251 e. The van der Waals surface area contributed by atoms with E-state index in [-0.39, 0.29) is 18.2 Å². The van der Waals surface area contributed by atoms with Crippen LogP contribution in [0.4, 0.5) is 0 Å². The Morgan fingerprint density at radius 3 is 2.35 bits per heavy atom. The molecular formula is C19H19BrN2O4. The Bertz CT molecular complexity index is 796. The highest BCUT2D eigenvalue weighted by atomic mass is 79.9. The van der Waals surface area contributed by atoms with Crippen LogP contribution in [0, 0.1) is 0 Å². The van der Waals surface area contributed by atoms with Crippen LogP contribution >= 0.6 is 15.9 Å². The normalized spacial score (nSPS) is 12.3.